The van der Waals surface area contributed by atoms with Crippen molar-refractivity contribution in [3.05, 3.63) is 35.4 Å². The van der Waals surface area contributed by atoms with Crippen LogP contribution < -0.4 is 5.32 Å². The van der Waals surface area contributed by atoms with Crippen LogP contribution in [-0.4, -0.2) is 11.7 Å². The Hall–Kier alpha value is -0.860. The molecule has 0 saturated carbocycles. The maximum Gasteiger partial charge on any atom is 0.0449 e. The lowest BCUT2D eigenvalue weighted by Gasteiger charge is -2.08. The predicted molar refractivity (Wildman–Crippen MR) is 47.7 cm³/mol. The Labute approximate surface area is 72.2 Å². The third-order valence-corrected chi connectivity index (χ3v) is 2.39. The highest BCUT2D eigenvalue weighted by molar-refractivity contribution is 5.33. The van der Waals surface area contributed by atoms with Gasteiger partial charge in [0.1, 0.15) is 0 Å². The summed E-state index contributed by atoms with van der Waals surface area (Å²) >= 11 is 0. The normalized spacial score (nSPS) is 20.9. The standard InChI is InChI=1S/C10H13NO/c12-6-5-10-9-4-2-1-3-8(9)7-11-10/h1-4,10-12H,5-7H2. The van der Waals surface area contributed by atoms with E-state index in [1.807, 2.05) is 0 Å². The Morgan fingerprint density at radius 2 is 2.25 bits per heavy atom. The third kappa shape index (κ3) is 1.24. The molecule has 12 heavy (non-hydrogen) atoms. The van der Waals surface area contributed by atoms with E-state index < -0.39 is 0 Å². The van der Waals surface area contributed by atoms with Crippen molar-refractivity contribution >= 4 is 0 Å². The summed E-state index contributed by atoms with van der Waals surface area (Å²) < 4.78 is 0. The van der Waals surface area contributed by atoms with E-state index in [0.717, 1.165) is 13.0 Å². The molecule has 0 amide bonds. The molecule has 1 aliphatic rings. The van der Waals surface area contributed by atoms with Crippen LogP contribution in [0.5, 0.6) is 0 Å². The monoisotopic (exact) mass is 163 g/mol. The average molecular weight is 163 g/mol. The van der Waals surface area contributed by atoms with Gasteiger partial charge in [-0.1, -0.05) is 24.3 Å². The topological polar surface area (TPSA) is 32.3 Å². The number of aliphatic hydroxyl groups excluding tert-OH is 1. The second kappa shape index (κ2) is 3.25. The van der Waals surface area contributed by atoms with Crippen LogP contribution in [0.15, 0.2) is 24.3 Å². The van der Waals surface area contributed by atoms with Crippen LogP contribution in [0, 0.1) is 0 Å². The molecule has 0 radical (unpaired) electrons. The van der Waals surface area contributed by atoms with Crippen LogP contribution in [0.3, 0.4) is 0 Å². The van der Waals surface area contributed by atoms with Gasteiger partial charge in [-0.3, -0.25) is 0 Å². The summed E-state index contributed by atoms with van der Waals surface area (Å²) in [5.74, 6) is 0. The van der Waals surface area contributed by atoms with Crippen molar-refractivity contribution in [1.29, 1.82) is 0 Å². The molecule has 0 bridgehead atoms. The van der Waals surface area contributed by atoms with Crippen molar-refractivity contribution in [2.75, 3.05) is 6.61 Å². The first-order valence-corrected chi connectivity index (χ1v) is 4.34. The minimum absolute atomic E-state index is 0.256. The van der Waals surface area contributed by atoms with E-state index in [2.05, 4.69) is 29.6 Å². The first kappa shape index (κ1) is 7.77. The van der Waals surface area contributed by atoms with Gasteiger partial charge in [0.2, 0.25) is 0 Å². The number of hydrogen-bond acceptors (Lipinski definition) is 2. The molecule has 1 atom stereocenters. The maximum absolute atomic E-state index is 8.81. The molecule has 1 unspecified atom stereocenters. The van der Waals surface area contributed by atoms with Crippen LogP contribution >= 0.6 is 0 Å². The minimum atomic E-state index is 0.256. The van der Waals surface area contributed by atoms with Gasteiger partial charge >= 0.3 is 0 Å². The van der Waals surface area contributed by atoms with Gasteiger partial charge in [-0.2, -0.15) is 0 Å². The highest BCUT2D eigenvalue weighted by atomic mass is 16.3. The zero-order valence-electron chi connectivity index (χ0n) is 6.96. The molecule has 2 N–H and O–H groups in total. The van der Waals surface area contributed by atoms with E-state index in [1.165, 1.54) is 11.1 Å². The fourth-order valence-electron chi connectivity index (χ4n) is 1.76. The number of benzene rings is 1. The quantitative estimate of drug-likeness (QED) is 0.687. The summed E-state index contributed by atoms with van der Waals surface area (Å²) in [5.41, 5.74) is 2.72. The maximum atomic E-state index is 8.81. The Balaban J connectivity index is 2.24. The largest absolute Gasteiger partial charge is 0.396 e. The van der Waals surface area contributed by atoms with Gasteiger partial charge < -0.3 is 10.4 Å². The lowest BCUT2D eigenvalue weighted by Crippen LogP contribution is -2.13. The van der Waals surface area contributed by atoms with Gasteiger partial charge in [0.05, 0.1) is 0 Å². The molecule has 0 fully saturated rings. The summed E-state index contributed by atoms with van der Waals surface area (Å²) in [7, 11) is 0. The predicted octanol–water partition coefficient (Wildman–Crippen LogP) is 1.21. The van der Waals surface area contributed by atoms with Crippen LogP contribution in [0.4, 0.5) is 0 Å². The van der Waals surface area contributed by atoms with Crippen molar-refractivity contribution in [3.63, 3.8) is 0 Å². The van der Waals surface area contributed by atoms with Crippen molar-refractivity contribution in [2.45, 2.75) is 19.0 Å². The second-order valence-corrected chi connectivity index (χ2v) is 3.14. The van der Waals surface area contributed by atoms with Gasteiger partial charge in [-0.25, -0.2) is 0 Å². The number of fused-ring (bicyclic) bond motifs is 1. The Morgan fingerprint density at radius 3 is 3.08 bits per heavy atom. The molecule has 0 saturated heterocycles. The Kier molecular flexibility index (Phi) is 2.11. The summed E-state index contributed by atoms with van der Waals surface area (Å²) in [6, 6.07) is 8.75. The third-order valence-electron chi connectivity index (χ3n) is 2.39. The van der Waals surface area contributed by atoms with E-state index in [-0.39, 0.29) is 6.61 Å². The fraction of sp³-hybridized carbons (Fsp3) is 0.400. The molecule has 1 aliphatic heterocycles. The van der Waals surface area contributed by atoms with Gasteiger partial charge in [0.15, 0.2) is 0 Å². The molecule has 1 heterocycles. The summed E-state index contributed by atoms with van der Waals surface area (Å²) in [5, 5.41) is 12.2. The van der Waals surface area contributed by atoms with E-state index in [4.69, 9.17) is 5.11 Å². The van der Waals surface area contributed by atoms with Crippen molar-refractivity contribution < 1.29 is 5.11 Å². The number of hydrogen-bond donors (Lipinski definition) is 2. The average Bonchev–Trinajstić information content (AvgIpc) is 2.50. The fourth-order valence-corrected chi connectivity index (χ4v) is 1.76. The first-order chi connectivity index (χ1) is 5.92. The van der Waals surface area contributed by atoms with Gasteiger partial charge in [0, 0.05) is 19.2 Å². The number of nitrogens with one attached hydrogen (secondary N) is 1. The van der Waals surface area contributed by atoms with E-state index in [0.29, 0.717) is 6.04 Å². The van der Waals surface area contributed by atoms with E-state index >= 15 is 0 Å². The van der Waals surface area contributed by atoms with E-state index in [9.17, 15) is 0 Å². The van der Waals surface area contributed by atoms with Crippen LogP contribution in [-0.2, 0) is 6.54 Å². The van der Waals surface area contributed by atoms with Crippen molar-refractivity contribution in [2.24, 2.45) is 0 Å². The molecule has 2 rings (SSSR count). The summed E-state index contributed by atoms with van der Waals surface area (Å²) in [6.07, 6.45) is 0.816. The molecule has 0 spiro atoms. The van der Waals surface area contributed by atoms with Crippen LogP contribution in [0.2, 0.25) is 0 Å². The zero-order chi connectivity index (χ0) is 8.39. The Bertz CT molecular complexity index is 270. The molecule has 0 aliphatic carbocycles. The summed E-state index contributed by atoms with van der Waals surface area (Å²) in [6.45, 7) is 1.20. The van der Waals surface area contributed by atoms with Gasteiger partial charge in [-0.15, -0.1) is 0 Å². The van der Waals surface area contributed by atoms with Crippen molar-refractivity contribution in [1.82, 2.24) is 5.32 Å². The molecule has 1 aromatic rings. The molecule has 2 nitrogen and oxygen atoms in total. The van der Waals surface area contributed by atoms with E-state index in [1.54, 1.807) is 0 Å². The number of aliphatic hydroxyl groups is 1. The highest BCUT2D eigenvalue weighted by Gasteiger charge is 2.19. The van der Waals surface area contributed by atoms with Gasteiger partial charge in [0.25, 0.3) is 0 Å². The molecular formula is C10H13NO. The lowest BCUT2D eigenvalue weighted by molar-refractivity contribution is 0.269. The number of rotatable bonds is 2. The molecule has 64 valence electrons. The minimum Gasteiger partial charge on any atom is -0.396 e. The lowest BCUT2D eigenvalue weighted by atomic mass is 10.0. The first-order valence-electron chi connectivity index (χ1n) is 4.34. The zero-order valence-corrected chi connectivity index (χ0v) is 6.96. The Morgan fingerprint density at radius 1 is 1.42 bits per heavy atom. The van der Waals surface area contributed by atoms with Gasteiger partial charge in [-0.05, 0) is 17.5 Å². The van der Waals surface area contributed by atoms with Crippen LogP contribution in [0.25, 0.3) is 0 Å². The molecule has 0 aromatic heterocycles. The summed E-state index contributed by atoms with van der Waals surface area (Å²) in [4.78, 5) is 0. The molecular weight excluding hydrogens is 150 g/mol. The second-order valence-electron chi connectivity index (χ2n) is 3.14. The smallest absolute Gasteiger partial charge is 0.0449 e. The van der Waals surface area contributed by atoms with Crippen molar-refractivity contribution in [3.8, 4) is 0 Å². The molecule has 2 heteroatoms. The SMILES string of the molecule is OCCC1NCc2ccccc21. The highest BCUT2D eigenvalue weighted by Crippen LogP contribution is 2.26. The van der Waals surface area contributed by atoms with Crippen LogP contribution in [0.1, 0.15) is 23.6 Å². The molecule has 1 aromatic carbocycles.